The Kier molecular flexibility index (Phi) is 1.59. The highest BCUT2D eigenvalue weighted by Crippen LogP contribution is 2.08. The molecule has 58 valence electrons. The minimum atomic E-state index is 0.792. The van der Waals surface area contributed by atoms with E-state index in [1.807, 2.05) is 36.4 Å². The Balaban J connectivity index is 2.94. The van der Waals surface area contributed by atoms with Gasteiger partial charge < -0.3 is 0 Å². The highest BCUT2D eigenvalue weighted by molar-refractivity contribution is 5.80. The molecule has 0 radical (unpaired) electrons. The Morgan fingerprint density at radius 1 is 0.833 bits per heavy atom. The average Bonchev–Trinajstić information content (AvgIpc) is 2.29. The quantitative estimate of drug-likeness (QED) is 0.536. The summed E-state index contributed by atoms with van der Waals surface area (Å²) in [7, 11) is 0. The van der Waals surface area contributed by atoms with Crippen molar-refractivity contribution < 1.29 is 4.43 Å². The van der Waals surface area contributed by atoms with Crippen LogP contribution in [0, 0.1) is 4.91 Å². The number of rotatable bonds is 0. The van der Waals surface area contributed by atoms with Crippen molar-refractivity contribution in [2.24, 2.45) is 0 Å². The summed E-state index contributed by atoms with van der Waals surface area (Å²) >= 11 is 0. The first-order valence-electron chi connectivity index (χ1n) is 3.77. The third-order valence-corrected chi connectivity index (χ3v) is 1.80. The molecule has 2 rings (SSSR count). The summed E-state index contributed by atoms with van der Waals surface area (Å²) in [6, 6.07) is 11.5. The summed E-state index contributed by atoms with van der Waals surface area (Å²) in [5.74, 6) is 0. The molecule has 2 heteroatoms. The third kappa shape index (κ3) is 1.19. The van der Waals surface area contributed by atoms with E-state index in [4.69, 9.17) is 0 Å². The molecule has 1 aromatic heterocycles. The fourth-order valence-corrected chi connectivity index (χ4v) is 1.17. The summed E-state index contributed by atoms with van der Waals surface area (Å²) in [5.41, 5.74) is 0. The van der Waals surface area contributed by atoms with Crippen molar-refractivity contribution in [2.45, 2.75) is 0 Å². The van der Waals surface area contributed by atoms with Crippen molar-refractivity contribution in [3.8, 4) is 0 Å². The molecule has 0 aliphatic carbocycles. The number of nitrogens with zero attached hydrogens (tertiary/aromatic N) is 1. The Morgan fingerprint density at radius 3 is 1.83 bits per heavy atom. The van der Waals surface area contributed by atoms with Gasteiger partial charge in [-0.2, -0.15) is 0 Å². The second-order valence-electron chi connectivity index (χ2n) is 2.62. The predicted octanol–water partition coefficient (Wildman–Crippen LogP) is 1.75. The maximum Gasteiger partial charge on any atom is 0.228 e. The van der Waals surface area contributed by atoms with Crippen molar-refractivity contribution in [1.29, 1.82) is 0 Å². The number of aromatic nitrogens is 1. The molecular formula is C10H8NO+. The zero-order valence-corrected chi connectivity index (χ0v) is 6.47. The Hall–Kier alpha value is -1.70. The van der Waals surface area contributed by atoms with Gasteiger partial charge in [-0.3, -0.25) is 0 Å². The lowest BCUT2D eigenvalue weighted by atomic mass is 10.2. The van der Waals surface area contributed by atoms with Gasteiger partial charge in [0.25, 0.3) is 0 Å². The molecule has 2 nitrogen and oxygen atoms in total. The van der Waals surface area contributed by atoms with Crippen LogP contribution in [0.1, 0.15) is 0 Å². The zero-order chi connectivity index (χ0) is 8.39. The number of hydrogen-bond acceptors (Lipinski definition) is 1. The number of hydrogen-bond donors (Lipinski definition) is 0. The maximum absolute atomic E-state index is 10.9. The molecule has 0 aliphatic heterocycles. The topological polar surface area (TPSA) is 23.0 Å². The summed E-state index contributed by atoms with van der Waals surface area (Å²) in [6.07, 6.45) is 3.00. The largest absolute Gasteiger partial charge is 0.228 e. The first-order valence-corrected chi connectivity index (χ1v) is 3.77. The van der Waals surface area contributed by atoms with Crippen molar-refractivity contribution in [3.05, 3.63) is 53.7 Å². The second-order valence-corrected chi connectivity index (χ2v) is 2.62. The van der Waals surface area contributed by atoms with E-state index in [0.29, 0.717) is 0 Å². The van der Waals surface area contributed by atoms with Crippen molar-refractivity contribution in [1.82, 2.24) is 0 Å². The van der Waals surface area contributed by atoms with Gasteiger partial charge in [0.1, 0.15) is 0 Å². The van der Waals surface area contributed by atoms with Gasteiger partial charge in [-0.15, -0.1) is 0 Å². The molecule has 0 aliphatic rings. The van der Waals surface area contributed by atoms with Gasteiger partial charge in [0.05, 0.1) is 4.43 Å². The Labute approximate surface area is 69.7 Å². The van der Waals surface area contributed by atoms with Crippen LogP contribution in [0.3, 0.4) is 0 Å². The number of benzene rings is 1. The molecule has 2 aromatic rings. The Morgan fingerprint density at radius 2 is 1.33 bits per heavy atom. The molecule has 0 spiro atoms. The van der Waals surface area contributed by atoms with Crippen LogP contribution in [-0.2, 0) is 0 Å². The highest BCUT2D eigenvalue weighted by atomic mass is 16.3. The van der Waals surface area contributed by atoms with Crippen LogP contribution >= 0.6 is 0 Å². The first-order chi connectivity index (χ1) is 5.86. The van der Waals surface area contributed by atoms with E-state index in [-0.39, 0.29) is 0 Å². The van der Waals surface area contributed by atoms with Crippen LogP contribution in [0.25, 0.3) is 10.8 Å². The summed E-state index contributed by atoms with van der Waals surface area (Å²) in [5, 5.41) is 2.15. The monoisotopic (exact) mass is 158 g/mol. The zero-order valence-electron chi connectivity index (χ0n) is 6.47. The fraction of sp³-hybridized carbons (Fsp3) is 0. The molecule has 0 N–H and O–H groups in total. The van der Waals surface area contributed by atoms with Crippen LogP contribution < -0.4 is 4.43 Å². The number of fused-ring (bicyclic) bond motifs is 1. The lowest BCUT2D eigenvalue weighted by molar-refractivity contribution is -0.493. The maximum atomic E-state index is 10.9. The van der Waals surface area contributed by atoms with E-state index in [1.165, 1.54) is 12.4 Å². The molecule has 0 amide bonds. The Bertz CT molecular complexity index is 424. The van der Waals surface area contributed by atoms with Gasteiger partial charge in [-0.05, 0) is 10.8 Å². The molecule has 0 saturated heterocycles. The highest BCUT2D eigenvalue weighted by Gasteiger charge is 1.91. The molecule has 12 heavy (non-hydrogen) atoms. The normalized spacial score (nSPS) is 10.0. The molecule has 0 atom stereocenters. The lowest BCUT2D eigenvalue weighted by Crippen LogP contribution is -2.06. The molecule has 0 fully saturated rings. The third-order valence-electron chi connectivity index (χ3n) is 1.80. The van der Waals surface area contributed by atoms with Gasteiger partial charge in [-0.1, -0.05) is 24.3 Å². The van der Waals surface area contributed by atoms with E-state index < -0.39 is 0 Å². The second kappa shape index (κ2) is 2.74. The van der Waals surface area contributed by atoms with Gasteiger partial charge in [0.15, 0.2) is 0 Å². The van der Waals surface area contributed by atoms with E-state index in [1.54, 1.807) is 0 Å². The SMILES string of the molecule is O=[n+]1ccc2ccccc2cc1. The average molecular weight is 158 g/mol. The first kappa shape index (κ1) is 6.98. The standard InChI is InChI=1S/C10H8NO/c12-11-7-5-9-3-1-2-4-10(9)6-8-11/h1-8H/q+1. The van der Waals surface area contributed by atoms with Gasteiger partial charge in [-0.25, -0.2) is 0 Å². The van der Waals surface area contributed by atoms with Crippen molar-refractivity contribution in [2.75, 3.05) is 0 Å². The summed E-state index contributed by atoms with van der Waals surface area (Å²) < 4.78 is 0.792. The van der Waals surface area contributed by atoms with Crippen LogP contribution in [0.5, 0.6) is 0 Å². The minimum Gasteiger partial charge on any atom is -0.0616 e. The van der Waals surface area contributed by atoms with Crippen LogP contribution in [0.15, 0.2) is 48.8 Å². The van der Waals surface area contributed by atoms with Gasteiger partial charge in [0.2, 0.25) is 12.4 Å². The molecule has 0 unspecified atom stereocenters. The molecule has 0 saturated carbocycles. The minimum absolute atomic E-state index is 0.792. The van der Waals surface area contributed by atoms with Crippen LogP contribution in [-0.4, -0.2) is 0 Å². The summed E-state index contributed by atoms with van der Waals surface area (Å²) in [6.45, 7) is 0. The molecule has 1 aromatic carbocycles. The predicted molar refractivity (Wildman–Crippen MR) is 47.3 cm³/mol. The smallest absolute Gasteiger partial charge is 0.0616 e. The summed E-state index contributed by atoms with van der Waals surface area (Å²) in [4.78, 5) is 10.9. The van der Waals surface area contributed by atoms with E-state index in [2.05, 4.69) is 0 Å². The van der Waals surface area contributed by atoms with E-state index >= 15 is 0 Å². The van der Waals surface area contributed by atoms with Gasteiger partial charge in [0, 0.05) is 17.0 Å². The van der Waals surface area contributed by atoms with Crippen molar-refractivity contribution in [3.63, 3.8) is 0 Å². The molecular weight excluding hydrogens is 150 g/mol. The van der Waals surface area contributed by atoms with Gasteiger partial charge >= 0.3 is 0 Å². The molecule has 0 bridgehead atoms. The van der Waals surface area contributed by atoms with E-state index in [9.17, 15) is 4.91 Å². The fourth-order valence-electron chi connectivity index (χ4n) is 1.17. The van der Waals surface area contributed by atoms with Crippen LogP contribution in [0.4, 0.5) is 0 Å². The van der Waals surface area contributed by atoms with Crippen molar-refractivity contribution >= 4 is 10.8 Å². The molecule has 1 heterocycles. The van der Waals surface area contributed by atoms with E-state index in [0.717, 1.165) is 15.2 Å². The van der Waals surface area contributed by atoms with Crippen LogP contribution in [0.2, 0.25) is 0 Å². The lowest BCUT2D eigenvalue weighted by Gasteiger charge is -1.85.